The lowest BCUT2D eigenvalue weighted by molar-refractivity contribution is -0.189. The van der Waals surface area contributed by atoms with Gasteiger partial charge in [0.1, 0.15) is 12.2 Å². The maximum atomic E-state index is 13.7. The van der Waals surface area contributed by atoms with Crippen LogP contribution in [0.4, 0.5) is 0 Å². The van der Waals surface area contributed by atoms with Crippen LogP contribution in [0.25, 0.3) is 0 Å². The molecule has 2 saturated heterocycles. The Labute approximate surface area is 184 Å². The van der Waals surface area contributed by atoms with Gasteiger partial charge in [-0.25, -0.2) is 4.79 Å². The molecule has 2 fully saturated rings. The molecule has 0 radical (unpaired) electrons. The van der Waals surface area contributed by atoms with Gasteiger partial charge in [0.05, 0.1) is 12.0 Å². The van der Waals surface area contributed by atoms with Gasteiger partial charge in [0.15, 0.2) is 5.54 Å². The predicted octanol–water partition coefficient (Wildman–Crippen LogP) is 2.99. The second kappa shape index (κ2) is 9.96. The van der Waals surface area contributed by atoms with Gasteiger partial charge in [0, 0.05) is 26.3 Å². The lowest BCUT2D eigenvalue weighted by Crippen LogP contribution is -2.71. The Bertz CT molecular complexity index is 777. The Morgan fingerprint density at radius 1 is 1.13 bits per heavy atom. The third-order valence-corrected chi connectivity index (χ3v) is 5.70. The van der Waals surface area contributed by atoms with Crippen molar-refractivity contribution >= 4 is 17.8 Å². The van der Waals surface area contributed by atoms with E-state index >= 15 is 0 Å². The summed E-state index contributed by atoms with van der Waals surface area (Å²) in [6.07, 6.45) is 3.86. The highest BCUT2D eigenvalue weighted by molar-refractivity contribution is 6.12. The molecule has 1 spiro atoms. The highest BCUT2D eigenvalue weighted by Gasteiger charge is 2.67. The van der Waals surface area contributed by atoms with Crippen LogP contribution in [-0.4, -0.2) is 71.8 Å². The second-order valence-electron chi connectivity index (χ2n) is 8.21. The fourth-order valence-corrected chi connectivity index (χ4v) is 4.43. The van der Waals surface area contributed by atoms with E-state index < -0.39 is 23.7 Å². The van der Waals surface area contributed by atoms with Gasteiger partial charge in [0.25, 0.3) is 5.91 Å². The first kappa shape index (κ1) is 23.5. The Balaban J connectivity index is 2.19. The number of hydrogen-bond acceptors (Lipinski definition) is 6. The molecule has 8 heteroatoms. The number of guanidine groups is 1. The number of carbonyl (C=O) groups excluding carboxylic acids is 2. The third-order valence-electron chi connectivity index (χ3n) is 5.70. The van der Waals surface area contributed by atoms with E-state index in [4.69, 9.17) is 14.3 Å². The van der Waals surface area contributed by atoms with Gasteiger partial charge in [0.2, 0.25) is 5.96 Å². The van der Waals surface area contributed by atoms with Gasteiger partial charge in [-0.2, -0.15) is 5.06 Å². The molecule has 3 atom stereocenters. The zero-order chi connectivity index (χ0) is 22.6. The van der Waals surface area contributed by atoms with E-state index in [-0.39, 0.29) is 12.3 Å². The van der Waals surface area contributed by atoms with Crippen molar-refractivity contribution in [1.29, 1.82) is 0 Å². The topological polar surface area (TPSA) is 80.7 Å². The van der Waals surface area contributed by atoms with Gasteiger partial charge >= 0.3 is 5.97 Å². The normalized spacial score (nSPS) is 29.2. The van der Waals surface area contributed by atoms with Gasteiger partial charge in [-0.15, -0.1) is 0 Å². The first-order valence-corrected chi connectivity index (χ1v) is 11.5. The Morgan fingerprint density at radius 3 is 2.48 bits per heavy atom. The Morgan fingerprint density at radius 2 is 1.84 bits per heavy atom. The van der Waals surface area contributed by atoms with Crippen LogP contribution in [0.3, 0.4) is 0 Å². The van der Waals surface area contributed by atoms with Crippen LogP contribution in [0.5, 0.6) is 0 Å². The summed E-state index contributed by atoms with van der Waals surface area (Å²) in [5.74, 6) is -0.205. The molecule has 0 saturated carbocycles. The quantitative estimate of drug-likeness (QED) is 0.527. The molecule has 0 aromatic heterocycles. The monoisotopic (exact) mass is 433 g/mol. The van der Waals surface area contributed by atoms with Crippen LogP contribution in [0.1, 0.15) is 59.8 Å². The number of ether oxygens (including phenoxy) is 2. The number of aliphatic imine (C=N–C) groups is 1. The Hall–Kier alpha value is -2.19. The largest absolute Gasteiger partial charge is 0.372 e. The maximum Gasteiger partial charge on any atom is 0.335 e. The van der Waals surface area contributed by atoms with Crippen LogP contribution in [0.15, 0.2) is 28.8 Å². The van der Waals surface area contributed by atoms with Crippen LogP contribution in [0.2, 0.25) is 0 Å². The molecule has 3 rings (SSSR count). The minimum Gasteiger partial charge on any atom is -0.372 e. The van der Waals surface area contributed by atoms with Gasteiger partial charge in [-0.3, -0.25) is 14.7 Å². The molecule has 0 aromatic carbocycles. The number of hydrogen-bond donors (Lipinski definition) is 0. The number of hydroxylamine groups is 2. The number of rotatable bonds is 10. The zero-order valence-electron chi connectivity index (χ0n) is 19.2. The summed E-state index contributed by atoms with van der Waals surface area (Å²) in [5, 5.41) is 1.53. The van der Waals surface area contributed by atoms with Crippen molar-refractivity contribution in [2.45, 2.75) is 77.5 Å². The summed E-state index contributed by atoms with van der Waals surface area (Å²) in [5.41, 5.74) is 0.0256. The zero-order valence-corrected chi connectivity index (χ0v) is 19.2. The summed E-state index contributed by atoms with van der Waals surface area (Å²) >= 11 is 0. The SMILES string of the molecule is C=C1C=C2C(=O)N(CCC)/C(=N/CCC)N3OC(=O)C[C@]23[C@H](OCCC)[C@@H]1OCCC. The average molecular weight is 434 g/mol. The van der Waals surface area contributed by atoms with E-state index in [0.29, 0.717) is 43.4 Å². The van der Waals surface area contributed by atoms with Crippen LogP contribution >= 0.6 is 0 Å². The van der Waals surface area contributed by atoms with Gasteiger partial charge in [-0.1, -0.05) is 34.3 Å². The lowest BCUT2D eigenvalue weighted by Gasteiger charge is -2.52. The fraction of sp³-hybridized carbons (Fsp3) is 0.696. The summed E-state index contributed by atoms with van der Waals surface area (Å²) in [6.45, 7) is 14.2. The molecule has 2 heterocycles. The van der Waals surface area contributed by atoms with Gasteiger partial charge in [-0.05, 0) is 37.3 Å². The minimum absolute atomic E-state index is 0.00330. The third kappa shape index (κ3) is 4.03. The van der Waals surface area contributed by atoms with Crippen LogP contribution in [-0.2, 0) is 23.9 Å². The highest BCUT2D eigenvalue weighted by Crippen LogP contribution is 2.49. The molecular formula is C23H35N3O5. The van der Waals surface area contributed by atoms with E-state index in [1.54, 1.807) is 11.0 Å². The molecular weight excluding hydrogens is 398 g/mol. The fourth-order valence-electron chi connectivity index (χ4n) is 4.43. The molecule has 0 bridgehead atoms. The van der Waals surface area contributed by atoms with E-state index in [9.17, 15) is 9.59 Å². The van der Waals surface area contributed by atoms with E-state index in [2.05, 4.69) is 11.6 Å². The summed E-state index contributed by atoms with van der Waals surface area (Å²) in [4.78, 5) is 38.4. The second-order valence-corrected chi connectivity index (χ2v) is 8.21. The minimum atomic E-state index is -1.11. The van der Waals surface area contributed by atoms with E-state index in [1.165, 1.54) is 5.06 Å². The molecule has 3 aliphatic rings. The molecule has 8 nitrogen and oxygen atoms in total. The molecule has 0 unspecified atom stereocenters. The van der Waals surface area contributed by atoms with Crippen molar-refractivity contribution in [3.05, 3.63) is 23.8 Å². The van der Waals surface area contributed by atoms with Crippen LogP contribution < -0.4 is 0 Å². The van der Waals surface area contributed by atoms with Crippen molar-refractivity contribution < 1.29 is 23.9 Å². The Kier molecular flexibility index (Phi) is 7.54. The molecule has 31 heavy (non-hydrogen) atoms. The molecule has 1 aliphatic carbocycles. The molecule has 1 amide bonds. The first-order chi connectivity index (χ1) is 15.0. The van der Waals surface area contributed by atoms with Crippen molar-refractivity contribution in [3.8, 4) is 0 Å². The van der Waals surface area contributed by atoms with Crippen LogP contribution in [0, 0.1) is 0 Å². The summed E-state index contributed by atoms with van der Waals surface area (Å²) in [6, 6.07) is 0. The average Bonchev–Trinajstić information content (AvgIpc) is 3.09. The molecule has 2 aliphatic heterocycles. The van der Waals surface area contributed by atoms with Crippen molar-refractivity contribution in [3.63, 3.8) is 0 Å². The van der Waals surface area contributed by atoms with Crippen molar-refractivity contribution in [2.75, 3.05) is 26.3 Å². The van der Waals surface area contributed by atoms with Gasteiger partial charge < -0.3 is 14.3 Å². The standard InChI is InChI=1S/C23H35N3O5/c1-6-10-24-22-25(11-7-2)21(28)17-14-16(5)19(29-12-8-3)20(30-13-9-4)23(17)15-18(27)31-26(22)23/h14,19-20H,5-13,15H2,1-4H3/b24-22-/t19-,20-,23-/m1/s1. The number of amides is 1. The number of nitrogens with zero attached hydrogens (tertiary/aromatic N) is 3. The van der Waals surface area contributed by atoms with E-state index in [0.717, 1.165) is 25.7 Å². The first-order valence-electron chi connectivity index (χ1n) is 11.5. The van der Waals surface area contributed by atoms with Crippen molar-refractivity contribution in [1.82, 2.24) is 9.96 Å². The van der Waals surface area contributed by atoms with E-state index in [1.807, 2.05) is 27.7 Å². The summed E-state index contributed by atoms with van der Waals surface area (Å²) < 4.78 is 12.4. The molecule has 0 N–H and O–H groups in total. The lowest BCUT2D eigenvalue weighted by atomic mass is 9.71. The van der Waals surface area contributed by atoms with Crippen molar-refractivity contribution in [2.24, 2.45) is 4.99 Å². The number of carbonyl (C=O) groups is 2. The summed E-state index contributed by atoms with van der Waals surface area (Å²) in [7, 11) is 0. The molecule has 172 valence electrons. The maximum absolute atomic E-state index is 13.7. The highest BCUT2D eigenvalue weighted by atomic mass is 16.7. The predicted molar refractivity (Wildman–Crippen MR) is 117 cm³/mol. The smallest absolute Gasteiger partial charge is 0.335 e. The molecule has 0 aromatic rings.